The topological polar surface area (TPSA) is 105 Å². The van der Waals surface area contributed by atoms with Crippen LogP contribution in [0.5, 0.6) is 5.75 Å². The second kappa shape index (κ2) is 9.11. The molecule has 1 N–H and O–H groups in total. The summed E-state index contributed by atoms with van der Waals surface area (Å²) in [4.78, 5) is 26.5. The molecular formula is C22H23N3O6S. The van der Waals surface area contributed by atoms with Crippen LogP contribution >= 0.6 is 0 Å². The molecule has 2 aromatic carbocycles. The van der Waals surface area contributed by atoms with Crippen LogP contribution in [0.25, 0.3) is 0 Å². The maximum atomic E-state index is 12.7. The molecule has 2 aliphatic rings. The Morgan fingerprint density at radius 3 is 2.53 bits per heavy atom. The highest BCUT2D eigenvalue weighted by Gasteiger charge is 2.27. The summed E-state index contributed by atoms with van der Waals surface area (Å²) in [6, 6.07) is 10.8. The maximum absolute atomic E-state index is 12.7. The average Bonchev–Trinajstić information content (AvgIpc) is 2.81. The van der Waals surface area contributed by atoms with Gasteiger partial charge in [0.1, 0.15) is 5.75 Å². The zero-order valence-corrected chi connectivity index (χ0v) is 18.1. The summed E-state index contributed by atoms with van der Waals surface area (Å²) in [5, 5.41) is 2.77. The number of ether oxygens (including phenoxy) is 2. The van der Waals surface area contributed by atoms with Crippen molar-refractivity contribution in [2.45, 2.75) is 4.90 Å². The van der Waals surface area contributed by atoms with Gasteiger partial charge in [0, 0.05) is 30.9 Å². The molecule has 168 valence electrons. The van der Waals surface area contributed by atoms with E-state index in [9.17, 15) is 18.0 Å². The Labute approximate surface area is 186 Å². The van der Waals surface area contributed by atoms with Crippen LogP contribution in [0.2, 0.25) is 0 Å². The smallest absolute Gasteiger partial charge is 0.265 e. The van der Waals surface area contributed by atoms with Gasteiger partial charge >= 0.3 is 0 Å². The molecular weight excluding hydrogens is 434 g/mol. The molecule has 10 heteroatoms. The third kappa shape index (κ3) is 4.38. The van der Waals surface area contributed by atoms with E-state index in [2.05, 4.69) is 11.9 Å². The standard InChI is InChI=1S/C22H23N3O6S/c1-2-9-25-19-14-17(5-8-20(19)31-15-21(25)26)23-22(27)16-3-6-18(7-4-16)32(28,29)24-10-12-30-13-11-24/h2-8,14H,1,9-13,15H2,(H,23,27). The number of morpholine rings is 1. The molecule has 32 heavy (non-hydrogen) atoms. The minimum atomic E-state index is -3.63. The summed E-state index contributed by atoms with van der Waals surface area (Å²) < 4.78 is 37.5. The van der Waals surface area contributed by atoms with Gasteiger partial charge in [-0.3, -0.25) is 9.59 Å². The van der Waals surface area contributed by atoms with E-state index in [0.29, 0.717) is 55.5 Å². The van der Waals surface area contributed by atoms with Gasteiger partial charge in [0.25, 0.3) is 11.8 Å². The van der Waals surface area contributed by atoms with E-state index < -0.39 is 15.9 Å². The quantitative estimate of drug-likeness (QED) is 0.664. The van der Waals surface area contributed by atoms with E-state index in [-0.39, 0.29) is 17.4 Å². The summed E-state index contributed by atoms with van der Waals surface area (Å²) in [6.45, 7) is 5.28. The molecule has 4 rings (SSSR count). The van der Waals surface area contributed by atoms with Gasteiger partial charge in [0.2, 0.25) is 10.0 Å². The zero-order chi connectivity index (χ0) is 22.7. The van der Waals surface area contributed by atoms with E-state index in [0.717, 1.165) is 0 Å². The minimum absolute atomic E-state index is 0.0494. The molecule has 0 spiro atoms. The number of hydrogen-bond acceptors (Lipinski definition) is 6. The molecule has 0 saturated carbocycles. The number of carbonyl (C=O) groups excluding carboxylic acids is 2. The lowest BCUT2D eigenvalue weighted by Crippen LogP contribution is -2.40. The second-order valence-electron chi connectivity index (χ2n) is 7.26. The molecule has 2 aliphatic heterocycles. The fourth-order valence-corrected chi connectivity index (χ4v) is 4.93. The first-order chi connectivity index (χ1) is 15.4. The summed E-state index contributed by atoms with van der Waals surface area (Å²) in [6.07, 6.45) is 1.62. The highest BCUT2D eigenvalue weighted by Crippen LogP contribution is 2.34. The van der Waals surface area contributed by atoms with Gasteiger partial charge in [-0.05, 0) is 42.5 Å². The van der Waals surface area contributed by atoms with E-state index in [4.69, 9.17) is 9.47 Å². The Kier molecular flexibility index (Phi) is 6.26. The highest BCUT2D eigenvalue weighted by molar-refractivity contribution is 7.89. The summed E-state index contributed by atoms with van der Waals surface area (Å²) in [5.74, 6) is -0.0568. The highest BCUT2D eigenvalue weighted by atomic mass is 32.2. The van der Waals surface area contributed by atoms with Crippen molar-refractivity contribution >= 4 is 33.2 Å². The number of carbonyl (C=O) groups is 2. The largest absolute Gasteiger partial charge is 0.482 e. The predicted molar refractivity (Wildman–Crippen MR) is 118 cm³/mol. The van der Waals surface area contributed by atoms with Crippen LogP contribution in [0.1, 0.15) is 10.4 Å². The van der Waals surface area contributed by atoms with Crippen LogP contribution in [0.3, 0.4) is 0 Å². The first kappa shape index (κ1) is 22.0. The number of rotatable bonds is 6. The third-order valence-electron chi connectivity index (χ3n) is 5.20. The predicted octanol–water partition coefficient (Wildman–Crippen LogP) is 1.87. The molecule has 0 bridgehead atoms. The number of nitrogens with zero attached hydrogens (tertiary/aromatic N) is 2. The Morgan fingerprint density at radius 1 is 1.12 bits per heavy atom. The first-order valence-electron chi connectivity index (χ1n) is 10.1. The molecule has 2 heterocycles. The SMILES string of the molecule is C=CCN1C(=O)COc2ccc(NC(=O)c3ccc(S(=O)(=O)N4CCOCC4)cc3)cc21. The molecule has 0 unspecified atom stereocenters. The van der Waals surface area contributed by atoms with Crippen molar-refractivity contribution in [1.29, 1.82) is 0 Å². The second-order valence-corrected chi connectivity index (χ2v) is 9.20. The maximum Gasteiger partial charge on any atom is 0.265 e. The van der Waals surface area contributed by atoms with Crippen molar-refractivity contribution in [2.75, 3.05) is 49.7 Å². The van der Waals surface area contributed by atoms with E-state index >= 15 is 0 Å². The van der Waals surface area contributed by atoms with Gasteiger partial charge in [0.05, 0.1) is 23.8 Å². The monoisotopic (exact) mass is 457 g/mol. The molecule has 1 fully saturated rings. The lowest BCUT2D eigenvalue weighted by molar-refractivity contribution is -0.121. The lowest BCUT2D eigenvalue weighted by atomic mass is 10.1. The van der Waals surface area contributed by atoms with Gasteiger partial charge in [-0.25, -0.2) is 8.42 Å². The van der Waals surface area contributed by atoms with Gasteiger partial charge in [0.15, 0.2) is 6.61 Å². The first-order valence-corrected chi connectivity index (χ1v) is 11.5. The van der Waals surface area contributed by atoms with E-state index in [1.807, 2.05) is 0 Å². The number of sulfonamides is 1. The fraction of sp³-hybridized carbons (Fsp3) is 0.273. The number of fused-ring (bicyclic) bond motifs is 1. The third-order valence-corrected chi connectivity index (χ3v) is 7.11. The van der Waals surface area contributed by atoms with E-state index in [1.54, 1.807) is 24.3 Å². The fourth-order valence-electron chi connectivity index (χ4n) is 3.53. The molecule has 1 saturated heterocycles. The number of benzene rings is 2. The van der Waals surface area contributed by atoms with Crippen LogP contribution < -0.4 is 15.0 Å². The van der Waals surface area contributed by atoms with Crippen molar-refractivity contribution < 1.29 is 27.5 Å². The van der Waals surface area contributed by atoms with E-state index in [1.165, 1.54) is 33.5 Å². The zero-order valence-electron chi connectivity index (χ0n) is 17.3. The van der Waals surface area contributed by atoms with Gasteiger partial charge < -0.3 is 19.7 Å². The van der Waals surface area contributed by atoms with Crippen molar-refractivity contribution in [1.82, 2.24) is 4.31 Å². The molecule has 0 aromatic heterocycles. The van der Waals surface area contributed by atoms with Gasteiger partial charge in [-0.2, -0.15) is 4.31 Å². The molecule has 9 nitrogen and oxygen atoms in total. The summed E-state index contributed by atoms with van der Waals surface area (Å²) in [5.41, 5.74) is 1.33. The molecule has 0 aliphatic carbocycles. The molecule has 2 amide bonds. The van der Waals surface area contributed by atoms with Gasteiger partial charge in [-0.15, -0.1) is 6.58 Å². The van der Waals surface area contributed by atoms with Crippen molar-refractivity contribution in [2.24, 2.45) is 0 Å². The lowest BCUT2D eigenvalue weighted by Gasteiger charge is -2.28. The minimum Gasteiger partial charge on any atom is -0.482 e. The molecule has 0 radical (unpaired) electrons. The molecule has 2 aromatic rings. The van der Waals surface area contributed by atoms with Crippen LogP contribution in [0, 0.1) is 0 Å². The Hall–Kier alpha value is -3.21. The van der Waals surface area contributed by atoms with Crippen molar-refractivity contribution in [3.63, 3.8) is 0 Å². The Morgan fingerprint density at radius 2 is 1.84 bits per heavy atom. The normalized spacial score (nSPS) is 16.8. The average molecular weight is 458 g/mol. The molecule has 0 atom stereocenters. The number of anilines is 2. The van der Waals surface area contributed by atoms with Crippen LogP contribution in [-0.4, -0.2) is 64.0 Å². The Bertz CT molecular complexity index is 1140. The van der Waals surface area contributed by atoms with Crippen LogP contribution in [-0.2, 0) is 19.6 Å². The number of nitrogens with one attached hydrogen (secondary N) is 1. The van der Waals surface area contributed by atoms with Crippen molar-refractivity contribution in [3.05, 3.63) is 60.7 Å². The number of hydrogen-bond donors (Lipinski definition) is 1. The Balaban J connectivity index is 1.50. The number of amides is 2. The summed E-state index contributed by atoms with van der Waals surface area (Å²) >= 11 is 0. The summed E-state index contributed by atoms with van der Waals surface area (Å²) in [7, 11) is -3.63. The van der Waals surface area contributed by atoms with Crippen LogP contribution in [0.15, 0.2) is 60.0 Å². The van der Waals surface area contributed by atoms with Crippen molar-refractivity contribution in [3.8, 4) is 5.75 Å². The van der Waals surface area contributed by atoms with Gasteiger partial charge in [-0.1, -0.05) is 6.08 Å². The van der Waals surface area contributed by atoms with Crippen LogP contribution in [0.4, 0.5) is 11.4 Å².